The van der Waals surface area contributed by atoms with Gasteiger partial charge in [0.25, 0.3) is 0 Å². The summed E-state index contributed by atoms with van der Waals surface area (Å²) in [7, 11) is 0. The van der Waals surface area contributed by atoms with Crippen LogP contribution in [0.4, 0.5) is 5.82 Å². The van der Waals surface area contributed by atoms with E-state index in [-0.39, 0.29) is 29.8 Å². The van der Waals surface area contributed by atoms with E-state index in [1.165, 1.54) is 0 Å². The minimum Gasteiger partial charge on any atom is -0.360 e. The quantitative estimate of drug-likeness (QED) is 0.906. The molecule has 1 rings (SSSR count). The van der Waals surface area contributed by atoms with Gasteiger partial charge < -0.3 is 14.7 Å². The molecule has 1 aromatic rings. The lowest BCUT2D eigenvalue weighted by molar-refractivity contribution is -0.138. The lowest BCUT2D eigenvalue weighted by Crippen LogP contribution is -2.43. The van der Waals surface area contributed by atoms with E-state index >= 15 is 0 Å². The van der Waals surface area contributed by atoms with Gasteiger partial charge in [0, 0.05) is 18.5 Å². The smallest absolute Gasteiger partial charge is 0.245 e. The van der Waals surface area contributed by atoms with Gasteiger partial charge in [-0.2, -0.15) is 0 Å². The summed E-state index contributed by atoms with van der Waals surface area (Å²) in [6.07, 6.45) is 0.404. The number of carbonyl (C=O) groups excluding carboxylic acids is 2. The van der Waals surface area contributed by atoms with Gasteiger partial charge in [-0.25, -0.2) is 0 Å². The Morgan fingerprint density at radius 3 is 2.43 bits per heavy atom. The average molecular weight is 295 g/mol. The molecule has 0 saturated heterocycles. The van der Waals surface area contributed by atoms with Gasteiger partial charge in [-0.1, -0.05) is 25.9 Å². The number of nitrogens with one attached hydrogen (secondary N) is 1. The van der Waals surface area contributed by atoms with Crippen LogP contribution in [0.1, 0.15) is 46.8 Å². The number of hydrogen-bond acceptors (Lipinski definition) is 4. The molecule has 1 aromatic heterocycles. The highest BCUT2D eigenvalue weighted by Gasteiger charge is 2.25. The fourth-order valence-corrected chi connectivity index (χ4v) is 1.88. The van der Waals surface area contributed by atoms with Crippen molar-refractivity contribution in [1.82, 2.24) is 10.1 Å². The number of anilines is 1. The van der Waals surface area contributed by atoms with Crippen molar-refractivity contribution < 1.29 is 14.1 Å². The normalized spacial score (nSPS) is 11.6. The number of nitrogens with zero attached hydrogens (tertiary/aromatic N) is 2. The van der Waals surface area contributed by atoms with Crippen LogP contribution >= 0.6 is 0 Å². The Hall–Kier alpha value is -1.85. The maximum Gasteiger partial charge on any atom is 0.245 e. The summed E-state index contributed by atoms with van der Waals surface area (Å²) in [5.41, 5.74) is -0.107. The SMILES string of the molecule is Cc1cc(NC(=O)CN(C(=O)CC(C)(C)C)C(C)C)no1. The summed E-state index contributed by atoms with van der Waals surface area (Å²) >= 11 is 0. The Morgan fingerprint density at radius 2 is 2.00 bits per heavy atom. The van der Waals surface area contributed by atoms with Gasteiger partial charge in [0.05, 0.1) is 0 Å². The van der Waals surface area contributed by atoms with Crippen molar-refractivity contribution in [1.29, 1.82) is 0 Å². The fourth-order valence-electron chi connectivity index (χ4n) is 1.88. The van der Waals surface area contributed by atoms with Crippen LogP contribution in [0.3, 0.4) is 0 Å². The van der Waals surface area contributed by atoms with Gasteiger partial charge in [-0.15, -0.1) is 0 Å². The first kappa shape index (κ1) is 17.2. The Bertz CT molecular complexity index is 501. The zero-order valence-electron chi connectivity index (χ0n) is 13.7. The van der Waals surface area contributed by atoms with Crippen LogP contribution in [0, 0.1) is 12.3 Å². The molecule has 0 radical (unpaired) electrons. The molecule has 118 valence electrons. The monoisotopic (exact) mass is 295 g/mol. The molecule has 0 saturated carbocycles. The molecule has 0 spiro atoms. The third-order valence-electron chi connectivity index (χ3n) is 2.83. The summed E-state index contributed by atoms with van der Waals surface area (Å²) in [5, 5.41) is 6.33. The molecule has 0 atom stereocenters. The van der Waals surface area contributed by atoms with Crippen molar-refractivity contribution in [2.75, 3.05) is 11.9 Å². The van der Waals surface area contributed by atoms with E-state index in [4.69, 9.17) is 4.52 Å². The predicted octanol–water partition coefficient (Wildman–Crippen LogP) is 2.59. The number of amides is 2. The molecule has 0 aliphatic heterocycles. The summed E-state index contributed by atoms with van der Waals surface area (Å²) in [6, 6.07) is 1.60. The first-order valence-electron chi connectivity index (χ1n) is 7.11. The standard InChI is InChI=1S/C15H25N3O3/c1-10(2)18(14(20)8-15(4,5)6)9-13(19)16-12-7-11(3)21-17-12/h7,10H,8-9H2,1-6H3,(H,16,17,19). The Morgan fingerprint density at radius 1 is 1.38 bits per heavy atom. The largest absolute Gasteiger partial charge is 0.360 e. The minimum atomic E-state index is -0.278. The maximum absolute atomic E-state index is 12.3. The fraction of sp³-hybridized carbons (Fsp3) is 0.667. The molecule has 0 aliphatic carbocycles. The van der Waals surface area contributed by atoms with Crippen LogP contribution in [0.5, 0.6) is 0 Å². The van der Waals surface area contributed by atoms with Gasteiger partial charge in [0.15, 0.2) is 5.82 Å². The van der Waals surface area contributed by atoms with Crippen molar-refractivity contribution in [3.63, 3.8) is 0 Å². The van der Waals surface area contributed by atoms with E-state index < -0.39 is 0 Å². The molecule has 0 unspecified atom stereocenters. The zero-order valence-corrected chi connectivity index (χ0v) is 13.7. The number of hydrogen-bond donors (Lipinski definition) is 1. The summed E-state index contributed by atoms with van der Waals surface area (Å²) < 4.78 is 4.89. The zero-order chi connectivity index (χ0) is 16.2. The van der Waals surface area contributed by atoms with E-state index in [1.807, 2.05) is 34.6 Å². The van der Waals surface area contributed by atoms with Crippen molar-refractivity contribution in [3.8, 4) is 0 Å². The first-order valence-corrected chi connectivity index (χ1v) is 7.11. The summed E-state index contributed by atoms with van der Waals surface area (Å²) in [6.45, 7) is 11.6. The van der Waals surface area contributed by atoms with Gasteiger partial charge >= 0.3 is 0 Å². The van der Waals surface area contributed by atoms with Crippen molar-refractivity contribution in [2.24, 2.45) is 5.41 Å². The third kappa shape index (κ3) is 5.97. The molecule has 0 fully saturated rings. The van der Waals surface area contributed by atoms with E-state index in [2.05, 4.69) is 10.5 Å². The maximum atomic E-state index is 12.3. The molecule has 0 bridgehead atoms. The summed E-state index contributed by atoms with van der Waals surface area (Å²) in [4.78, 5) is 25.9. The second-order valence-electron chi connectivity index (χ2n) is 6.72. The molecular formula is C15H25N3O3. The van der Waals surface area contributed by atoms with Crippen LogP contribution in [0.25, 0.3) is 0 Å². The third-order valence-corrected chi connectivity index (χ3v) is 2.83. The van der Waals surface area contributed by atoms with E-state index in [0.29, 0.717) is 18.0 Å². The Labute approximate surface area is 125 Å². The average Bonchev–Trinajstić information content (AvgIpc) is 2.68. The lowest BCUT2D eigenvalue weighted by atomic mass is 9.91. The molecule has 1 heterocycles. The summed E-state index contributed by atoms with van der Waals surface area (Å²) in [5.74, 6) is 0.683. The molecule has 0 aliphatic rings. The topological polar surface area (TPSA) is 75.4 Å². The molecule has 0 aromatic carbocycles. The highest BCUT2D eigenvalue weighted by molar-refractivity contribution is 5.93. The molecule has 6 heteroatoms. The molecule has 6 nitrogen and oxygen atoms in total. The molecule has 1 N–H and O–H groups in total. The van der Waals surface area contributed by atoms with E-state index in [9.17, 15) is 9.59 Å². The van der Waals surface area contributed by atoms with E-state index in [0.717, 1.165) is 0 Å². The predicted molar refractivity (Wildman–Crippen MR) is 80.8 cm³/mol. The van der Waals surface area contributed by atoms with Crippen molar-refractivity contribution in [2.45, 2.75) is 54.0 Å². The number of carbonyl (C=O) groups is 2. The Balaban J connectivity index is 2.65. The molecule has 2 amide bonds. The second kappa shape index (κ2) is 6.74. The van der Waals surface area contributed by atoms with Gasteiger partial charge in [-0.05, 0) is 26.2 Å². The highest BCUT2D eigenvalue weighted by atomic mass is 16.5. The van der Waals surface area contributed by atoms with E-state index in [1.54, 1.807) is 17.9 Å². The Kier molecular flexibility index (Phi) is 5.52. The number of aromatic nitrogens is 1. The van der Waals surface area contributed by atoms with Crippen LogP contribution in [0.2, 0.25) is 0 Å². The number of aryl methyl sites for hydroxylation is 1. The molecular weight excluding hydrogens is 270 g/mol. The van der Waals surface area contributed by atoms with Gasteiger partial charge in [-0.3, -0.25) is 9.59 Å². The highest BCUT2D eigenvalue weighted by Crippen LogP contribution is 2.20. The van der Waals surface area contributed by atoms with Crippen LogP contribution in [0.15, 0.2) is 10.6 Å². The van der Waals surface area contributed by atoms with Crippen molar-refractivity contribution >= 4 is 17.6 Å². The van der Waals surface area contributed by atoms with Gasteiger partial charge in [0.1, 0.15) is 12.3 Å². The van der Waals surface area contributed by atoms with Crippen LogP contribution < -0.4 is 5.32 Å². The van der Waals surface area contributed by atoms with Crippen LogP contribution in [-0.4, -0.2) is 34.5 Å². The van der Waals surface area contributed by atoms with Crippen LogP contribution in [-0.2, 0) is 9.59 Å². The van der Waals surface area contributed by atoms with Crippen molar-refractivity contribution in [3.05, 3.63) is 11.8 Å². The number of rotatable bonds is 5. The lowest BCUT2D eigenvalue weighted by Gasteiger charge is -2.29. The second-order valence-corrected chi connectivity index (χ2v) is 6.72. The minimum absolute atomic E-state index is 0.0124. The first-order chi connectivity index (χ1) is 9.58. The van der Waals surface area contributed by atoms with Gasteiger partial charge in [0.2, 0.25) is 11.8 Å². The molecule has 21 heavy (non-hydrogen) atoms.